The van der Waals surface area contributed by atoms with Crippen molar-refractivity contribution in [2.24, 2.45) is 0 Å². The number of nitriles is 1. The lowest BCUT2D eigenvalue weighted by molar-refractivity contribution is 0.0701. The van der Waals surface area contributed by atoms with E-state index < -0.39 is 5.97 Å². The first-order valence-electron chi connectivity index (χ1n) is 8.37. The van der Waals surface area contributed by atoms with Crippen LogP contribution in [-0.2, 0) is 0 Å². The molecule has 2 aromatic carbocycles. The van der Waals surface area contributed by atoms with Crippen LogP contribution in [0, 0.1) is 25.2 Å². The number of methoxy groups -OCH3 is 2. The van der Waals surface area contributed by atoms with E-state index in [0.717, 1.165) is 28.0 Å². The van der Waals surface area contributed by atoms with Gasteiger partial charge in [-0.2, -0.15) is 5.26 Å². The van der Waals surface area contributed by atoms with Gasteiger partial charge in [0.2, 0.25) is 0 Å². The van der Waals surface area contributed by atoms with Crippen LogP contribution in [0.1, 0.15) is 26.5 Å². The molecule has 0 unspecified atom stereocenters. The van der Waals surface area contributed by atoms with E-state index in [2.05, 4.69) is 11.1 Å². The first-order valence-corrected chi connectivity index (χ1v) is 9.19. The Bertz CT molecular complexity index is 1090. The van der Waals surface area contributed by atoms with Gasteiger partial charge in [-0.1, -0.05) is 12.1 Å². The third kappa shape index (κ3) is 3.42. The lowest BCUT2D eigenvalue weighted by Gasteiger charge is -2.14. The van der Waals surface area contributed by atoms with E-state index in [4.69, 9.17) is 9.47 Å². The van der Waals surface area contributed by atoms with Gasteiger partial charge in [0, 0.05) is 11.1 Å². The summed E-state index contributed by atoms with van der Waals surface area (Å²) < 4.78 is 10.9. The molecule has 0 saturated heterocycles. The Morgan fingerprint density at radius 3 is 2.25 bits per heavy atom. The van der Waals surface area contributed by atoms with Gasteiger partial charge in [-0.3, -0.25) is 0 Å². The van der Waals surface area contributed by atoms with Crippen LogP contribution in [0.5, 0.6) is 11.5 Å². The molecule has 6 nitrogen and oxygen atoms in total. The van der Waals surface area contributed by atoms with Crippen LogP contribution in [0.15, 0.2) is 30.3 Å². The van der Waals surface area contributed by atoms with Gasteiger partial charge in [-0.05, 0) is 43.2 Å². The van der Waals surface area contributed by atoms with Gasteiger partial charge in [0.15, 0.2) is 0 Å². The van der Waals surface area contributed by atoms with E-state index in [9.17, 15) is 15.2 Å². The number of carboxylic acids is 1. The zero-order valence-electron chi connectivity index (χ0n) is 15.9. The quantitative estimate of drug-likeness (QED) is 0.675. The lowest BCUT2D eigenvalue weighted by Crippen LogP contribution is -1.95. The summed E-state index contributed by atoms with van der Waals surface area (Å²) in [5, 5.41) is 19.5. The molecule has 0 bridgehead atoms. The Balaban J connectivity index is 2.12. The number of rotatable bonds is 5. The van der Waals surface area contributed by atoms with E-state index in [1.807, 2.05) is 31.2 Å². The average molecular weight is 394 g/mol. The fourth-order valence-electron chi connectivity index (χ4n) is 2.98. The number of carbonyl (C=O) groups is 1. The lowest BCUT2D eigenvalue weighted by atomic mass is 9.96. The van der Waals surface area contributed by atoms with Crippen LogP contribution < -0.4 is 9.47 Å². The Hall–Kier alpha value is -3.37. The topological polar surface area (TPSA) is 92.4 Å². The smallest absolute Gasteiger partial charge is 0.347 e. The molecule has 0 amide bonds. The van der Waals surface area contributed by atoms with Gasteiger partial charge >= 0.3 is 5.97 Å². The largest absolute Gasteiger partial charge is 0.496 e. The second kappa shape index (κ2) is 7.71. The van der Waals surface area contributed by atoms with Crippen LogP contribution in [0.3, 0.4) is 0 Å². The van der Waals surface area contributed by atoms with E-state index in [-0.39, 0.29) is 4.88 Å². The third-order valence-electron chi connectivity index (χ3n) is 4.44. The molecule has 0 radical (unpaired) electrons. The fraction of sp³-hybridized carbons (Fsp3) is 0.190. The zero-order chi connectivity index (χ0) is 20.4. The molecule has 3 rings (SSSR count). The molecule has 0 spiro atoms. The van der Waals surface area contributed by atoms with Crippen molar-refractivity contribution in [2.45, 2.75) is 13.8 Å². The summed E-state index contributed by atoms with van der Waals surface area (Å²) in [6.07, 6.45) is 0. The summed E-state index contributed by atoms with van der Waals surface area (Å²) in [5.41, 5.74) is 4.02. The second-order valence-corrected chi connectivity index (χ2v) is 7.12. The molecule has 0 aliphatic rings. The van der Waals surface area contributed by atoms with Gasteiger partial charge in [0.05, 0.1) is 31.5 Å². The Kier molecular flexibility index (Phi) is 5.34. The van der Waals surface area contributed by atoms with Crippen LogP contribution in [-0.4, -0.2) is 30.3 Å². The van der Waals surface area contributed by atoms with Crippen molar-refractivity contribution >= 4 is 17.3 Å². The van der Waals surface area contributed by atoms with Gasteiger partial charge in [-0.15, -0.1) is 11.3 Å². The molecule has 1 heterocycles. The normalized spacial score (nSPS) is 10.4. The minimum absolute atomic E-state index is 0.200. The minimum atomic E-state index is -1.00. The Morgan fingerprint density at radius 2 is 1.75 bits per heavy atom. The predicted molar refractivity (Wildman–Crippen MR) is 107 cm³/mol. The molecule has 0 atom stereocenters. The van der Waals surface area contributed by atoms with E-state index in [1.165, 1.54) is 0 Å². The maximum atomic E-state index is 11.3. The Labute approximate surface area is 166 Å². The van der Waals surface area contributed by atoms with Crippen LogP contribution >= 0.6 is 11.3 Å². The maximum Gasteiger partial charge on any atom is 0.347 e. The number of ether oxygens (including phenoxy) is 2. The van der Waals surface area contributed by atoms with Gasteiger partial charge in [0.25, 0.3) is 0 Å². The van der Waals surface area contributed by atoms with Crippen molar-refractivity contribution in [3.63, 3.8) is 0 Å². The van der Waals surface area contributed by atoms with Crippen LogP contribution in [0.2, 0.25) is 0 Å². The standard InChI is InChI=1S/C21H18N2O4S/c1-11-17(26-3)8-14(9-18(11)27-4)16-6-5-13(7-15(16)10-22)20-23-12(2)19(28-20)21(24)25/h5-9H,1-4H3,(H,24,25). The average Bonchev–Trinajstić information content (AvgIpc) is 3.09. The number of aromatic nitrogens is 1. The number of aromatic carboxylic acids is 1. The zero-order valence-corrected chi connectivity index (χ0v) is 16.7. The highest BCUT2D eigenvalue weighted by Gasteiger charge is 2.17. The maximum absolute atomic E-state index is 11.3. The summed E-state index contributed by atoms with van der Waals surface area (Å²) in [6, 6.07) is 11.3. The highest BCUT2D eigenvalue weighted by atomic mass is 32.1. The molecular weight excluding hydrogens is 376 g/mol. The molecule has 0 aliphatic heterocycles. The molecule has 3 aromatic rings. The molecule has 28 heavy (non-hydrogen) atoms. The van der Waals surface area contributed by atoms with Gasteiger partial charge < -0.3 is 14.6 Å². The summed E-state index contributed by atoms with van der Waals surface area (Å²) in [4.78, 5) is 15.8. The first-order chi connectivity index (χ1) is 13.4. The number of benzene rings is 2. The summed E-state index contributed by atoms with van der Waals surface area (Å²) in [6.45, 7) is 3.56. The molecule has 1 N–H and O–H groups in total. The molecule has 0 saturated carbocycles. The van der Waals surface area contributed by atoms with Crippen molar-refractivity contribution < 1.29 is 19.4 Å². The molecule has 7 heteroatoms. The molecule has 0 fully saturated rings. The third-order valence-corrected chi connectivity index (χ3v) is 5.64. The van der Waals surface area contributed by atoms with Gasteiger partial charge in [0.1, 0.15) is 21.4 Å². The van der Waals surface area contributed by atoms with Crippen molar-refractivity contribution in [3.05, 3.63) is 52.0 Å². The number of carboxylic acid groups (broad SMARTS) is 1. The van der Waals surface area contributed by atoms with Crippen LogP contribution in [0.25, 0.3) is 21.7 Å². The molecule has 0 aliphatic carbocycles. The summed E-state index contributed by atoms with van der Waals surface area (Å²) >= 11 is 1.10. The SMILES string of the molecule is COc1cc(-c2ccc(-c3nc(C)c(C(=O)O)s3)cc2C#N)cc(OC)c1C. The van der Waals surface area contributed by atoms with Gasteiger partial charge in [-0.25, -0.2) is 9.78 Å². The number of hydrogen-bond acceptors (Lipinski definition) is 6. The first kappa shape index (κ1) is 19.4. The second-order valence-electron chi connectivity index (χ2n) is 6.12. The fourth-order valence-corrected chi connectivity index (χ4v) is 3.88. The van der Waals surface area contributed by atoms with Crippen molar-refractivity contribution in [1.82, 2.24) is 4.98 Å². The van der Waals surface area contributed by atoms with Crippen molar-refractivity contribution in [3.8, 4) is 39.3 Å². The highest BCUT2D eigenvalue weighted by Crippen LogP contribution is 2.37. The number of thiazole rings is 1. The molecule has 1 aromatic heterocycles. The minimum Gasteiger partial charge on any atom is -0.496 e. The summed E-state index contributed by atoms with van der Waals surface area (Å²) in [7, 11) is 3.18. The predicted octanol–water partition coefficient (Wildman–Crippen LogP) is 4.68. The van der Waals surface area contributed by atoms with E-state index in [0.29, 0.717) is 33.3 Å². The van der Waals surface area contributed by atoms with Crippen molar-refractivity contribution in [1.29, 1.82) is 5.26 Å². The Morgan fingerprint density at radius 1 is 1.11 bits per heavy atom. The molecular formula is C21H18N2O4S. The summed E-state index contributed by atoms with van der Waals surface area (Å²) in [5.74, 6) is 0.338. The van der Waals surface area contributed by atoms with Crippen LogP contribution in [0.4, 0.5) is 0 Å². The van der Waals surface area contributed by atoms with Crippen molar-refractivity contribution in [2.75, 3.05) is 14.2 Å². The highest BCUT2D eigenvalue weighted by molar-refractivity contribution is 7.17. The number of aryl methyl sites for hydroxylation is 1. The van der Waals surface area contributed by atoms with E-state index in [1.54, 1.807) is 27.2 Å². The van der Waals surface area contributed by atoms with E-state index >= 15 is 0 Å². The number of hydrogen-bond donors (Lipinski definition) is 1. The molecule has 142 valence electrons. The number of nitrogens with zero attached hydrogens (tertiary/aromatic N) is 2. The monoisotopic (exact) mass is 394 g/mol.